The lowest BCUT2D eigenvalue weighted by Gasteiger charge is -2.11. The van der Waals surface area contributed by atoms with Crippen LogP contribution in [0.4, 0.5) is 11.5 Å². The van der Waals surface area contributed by atoms with Crippen LogP contribution >= 0.6 is 0 Å². The van der Waals surface area contributed by atoms with Crippen molar-refractivity contribution in [2.45, 2.75) is 6.29 Å². The molecule has 0 aliphatic rings. The molecule has 1 aromatic rings. The zero-order valence-corrected chi connectivity index (χ0v) is 10.6. The van der Waals surface area contributed by atoms with E-state index in [1.165, 1.54) is 32.5 Å². The highest BCUT2D eigenvalue weighted by Crippen LogP contribution is 2.19. The SMILES string of the molecule is COC(CN=C(N)Nc1ncccc1[N+](=O)[O-])OC. The first-order valence-electron chi connectivity index (χ1n) is 5.30. The number of nitrogens with one attached hydrogen (secondary N) is 1. The van der Waals surface area contributed by atoms with E-state index in [1.807, 2.05) is 0 Å². The Morgan fingerprint density at radius 1 is 1.63 bits per heavy atom. The first-order valence-corrected chi connectivity index (χ1v) is 5.30. The van der Waals surface area contributed by atoms with E-state index in [2.05, 4.69) is 15.3 Å². The van der Waals surface area contributed by atoms with Gasteiger partial charge in [-0.05, 0) is 6.07 Å². The standard InChI is InChI=1S/C10H15N5O4/c1-18-8(19-2)6-13-10(11)14-9-7(15(16)17)4-3-5-12-9/h3-5,8H,6H2,1-2H3,(H3,11,12,13,14). The van der Waals surface area contributed by atoms with E-state index in [1.54, 1.807) is 0 Å². The van der Waals surface area contributed by atoms with Gasteiger partial charge >= 0.3 is 5.69 Å². The molecular formula is C10H15N5O4. The van der Waals surface area contributed by atoms with Crippen molar-refractivity contribution in [3.8, 4) is 0 Å². The number of hydrogen-bond acceptors (Lipinski definition) is 6. The molecule has 0 amide bonds. The molecule has 0 aromatic carbocycles. The summed E-state index contributed by atoms with van der Waals surface area (Å²) in [5.41, 5.74) is 5.41. The topological polar surface area (TPSA) is 125 Å². The van der Waals surface area contributed by atoms with Crippen LogP contribution < -0.4 is 11.1 Å². The smallest absolute Gasteiger partial charge is 0.311 e. The molecule has 1 rings (SSSR count). The number of aliphatic imine (C=N–C) groups is 1. The summed E-state index contributed by atoms with van der Waals surface area (Å²) in [6.07, 6.45) is 0.884. The predicted molar refractivity (Wildman–Crippen MR) is 68.8 cm³/mol. The molecule has 9 heteroatoms. The second-order valence-corrected chi connectivity index (χ2v) is 3.38. The number of ether oxygens (including phenoxy) is 2. The van der Waals surface area contributed by atoms with Crippen molar-refractivity contribution < 1.29 is 14.4 Å². The summed E-state index contributed by atoms with van der Waals surface area (Å²) in [5, 5.41) is 13.3. The van der Waals surface area contributed by atoms with Gasteiger partial charge in [0.25, 0.3) is 0 Å². The molecule has 0 saturated carbocycles. The highest BCUT2D eigenvalue weighted by molar-refractivity contribution is 5.93. The lowest BCUT2D eigenvalue weighted by atomic mass is 10.4. The Bertz CT molecular complexity index is 461. The number of anilines is 1. The third-order valence-electron chi connectivity index (χ3n) is 2.17. The van der Waals surface area contributed by atoms with Gasteiger partial charge in [-0.3, -0.25) is 10.1 Å². The quantitative estimate of drug-likeness (QED) is 0.251. The molecule has 0 aliphatic carbocycles. The Morgan fingerprint density at radius 2 is 2.32 bits per heavy atom. The maximum Gasteiger partial charge on any atom is 0.311 e. The number of rotatable bonds is 6. The van der Waals surface area contributed by atoms with E-state index >= 15 is 0 Å². The number of nitrogens with zero attached hydrogens (tertiary/aromatic N) is 3. The molecule has 0 spiro atoms. The monoisotopic (exact) mass is 269 g/mol. The van der Waals surface area contributed by atoms with Gasteiger partial charge in [0, 0.05) is 26.5 Å². The fourth-order valence-electron chi connectivity index (χ4n) is 1.22. The largest absolute Gasteiger partial charge is 0.370 e. The molecule has 0 fully saturated rings. The number of aromatic nitrogens is 1. The van der Waals surface area contributed by atoms with Crippen molar-refractivity contribution >= 4 is 17.5 Å². The van der Waals surface area contributed by atoms with Gasteiger partial charge in [-0.2, -0.15) is 0 Å². The fraction of sp³-hybridized carbons (Fsp3) is 0.400. The Labute approximate surface area is 109 Å². The van der Waals surface area contributed by atoms with Crippen LogP contribution in [0, 0.1) is 10.1 Å². The molecule has 104 valence electrons. The van der Waals surface area contributed by atoms with Crippen LogP contribution in [0.1, 0.15) is 0 Å². The summed E-state index contributed by atoms with van der Waals surface area (Å²) in [4.78, 5) is 18.0. The summed E-state index contributed by atoms with van der Waals surface area (Å²) in [6, 6.07) is 2.78. The zero-order valence-electron chi connectivity index (χ0n) is 10.6. The van der Waals surface area contributed by atoms with Crippen molar-refractivity contribution in [1.29, 1.82) is 0 Å². The minimum Gasteiger partial charge on any atom is -0.370 e. The lowest BCUT2D eigenvalue weighted by Crippen LogP contribution is -2.26. The molecule has 1 heterocycles. The number of hydrogen-bond donors (Lipinski definition) is 2. The van der Waals surface area contributed by atoms with Gasteiger partial charge in [-0.1, -0.05) is 0 Å². The van der Waals surface area contributed by atoms with Crippen LogP contribution in [0.15, 0.2) is 23.3 Å². The van der Waals surface area contributed by atoms with Gasteiger partial charge in [0.05, 0.1) is 11.5 Å². The second kappa shape index (κ2) is 7.24. The highest BCUT2D eigenvalue weighted by Gasteiger charge is 2.14. The maximum atomic E-state index is 10.8. The Morgan fingerprint density at radius 3 is 2.89 bits per heavy atom. The second-order valence-electron chi connectivity index (χ2n) is 3.38. The molecule has 0 radical (unpaired) electrons. The van der Waals surface area contributed by atoms with Gasteiger partial charge in [-0.25, -0.2) is 9.98 Å². The molecule has 0 aliphatic heterocycles. The Balaban J connectivity index is 2.74. The average Bonchev–Trinajstić information content (AvgIpc) is 2.40. The van der Waals surface area contributed by atoms with E-state index in [4.69, 9.17) is 15.2 Å². The molecule has 0 atom stereocenters. The minimum atomic E-state index is -0.560. The van der Waals surface area contributed by atoms with Gasteiger partial charge in [0.1, 0.15) is 0 Å². The van der Waals surface area contributed by atoms with E-state index in [0.717, 1.165) is 0 Å². The minimum absolute atomic E-state index is 0.0131. The number of methoxy groups -OCH3 is 2. The maximum absolute atomic E-state index is 10.8. The van der Waals surface area contributed by atoms with Crippen LogP contribution in [-0.2, 0) is 9.47 Å². The third kappa shape index (κ3) is 4.48. The van der Waals surface area contributed by atoms with Crippen molar-refractivity contribution in [2.75, 3.05) is 26.1 Å². The van der Waals surface area contributed by atoms with E-state index in [9.17, 15) is 10.1 Å². The fourth-order valence-corrected chi connectivity index (χ4v) is 1.22. The van der Waals surface area contributed by atoms with Crippen molar-refractivity contribution in [1.82, 2.24) is 4.98 Å². The summed E-state index contributed by atoms with van der Waals surface area (Å²) < 4.78 is 9.85. The Kier molecular flexibility index (Phi) is 5.64. The van der Waals surface area contributed by atoms with Crippen LogP contribution in [-0.4, -0.2) is 42.9 Å². The van der Waals surface area contributed by atoms with Crippen LogP contribution in [0.5, 0.6) is 0 Å². The summed E-state index contributed by atoms with van der Waals surface area (Å²) >= 11 is 0. The van der Waals surface area contributed by atoms with Crippen LogP contribution in [0.2, 0.25) is 0 Å². The Hall–Kier alpha value is -2.26. The van der Waals surface area contributed by atoms with E-state index in [0.29, 0.717) is 0 Å². The third-order valence-corrected chi connectivity index (χ3v) is 2.17. The molecule has 0 unspecified atom stereocenters. The van der Waals surface area contributed by atoms with Gasteiger partial charge in [-0.15, -0.1) is 0 Å². The number of pyridine rings is 1. The molecule has 0 bridgehead atoms. The zero-order chi connectivity index (χ0) is 14.3. The number of nitro groups is 1. The molecular weight excluding hydrogens is 254 g/mol. The first kappa shape index (κ1) is 14.8. The first-order chi connectivity index (χ1) is 9.08. The summed E-state index contributed by atoms with van der Waals surface area (Å²) in [6.45, 7) is 0.159. The highest BCUT2D eigenvalue weighted by atomic mass is 16.7. The van der Waals surface area contributed by atoms with Crippen molar-refractivity contribution in [3.05, 3.63) is 28.4 Å². The van der Waals surface area contributed by atoms with E-state index in [-0.39, 0.29) is 24.0 Å². The van der Waals surface area contributed by atoms with Gasteiger partial charge < -0.3 is 20.5 Å². The molecule has 3 N–H and O–H groups in total. The van der Waals surface area contributed by atoms with E-state index < -0.39 is 11.2 Å². The lowest BCUT2D eigenvalue weighted by molar-refractivity contribution is -0.384. The number of guanidine groups is 1. The predicted octanol–water partition coefficient (Wildman–Crippen LogP) is 0.335. The van der Waals surface area contributed by atoms with Crippen LogP contribution in [0.3, 0.4) is 0 Å². The normalized spacial score (nSPS) is 11.6. The molecule has 0 saturated heterocycles. The summed E-state index contributed by atoms with van der Waals surface area (Å²) in [5.74, 6) is 0.0148. The average molecular weight is 269 g/mol. The summed E-state index contributed by atoms with van der Waals surface area (Å²) in [7, 11) is 2.94. The number of nitrogens with two attached hydrogens (primary N) is 1. The van der Waals surface area contributed by atoms with Crippen LogP contribution in [0.25, 0.3) is 0 Å². The van der Waals surface area contributed by atoms with Gasteiger partial charge in [0.15, 0.2) is 12.2 Å². The van der Waals surface area contributed by atoms with Gasteiger partial charge in [0.2, 0.25) is 5.82 Å². The van der Waals surface area contributed by atoms with Crippen molar-refractivity contribution in [2.24, 2.45) is 10.7 Å². The van der Waals surface area contributed by atoms with Crippen molar-refractivity contribution in [3.63, 3.8) is 0 Å². The molecule has 1 aromatic heterocycles. The molecule has 19 heavy (non-hydrogen) atoms. The molecule has 9 nitrogen and oxygen atoms in total.